The Morgan fingerprint density at radius 3 is 2.66 bits per heavy atom. The Morgan fingerprint density at radius 1 is 1.18 bits per heavy atom. The van der Waals surface area contributed by atoms with E-state index in [-0.39, 0.29) is 5.82 Å². The number of aromatic nitrogens is 4. The number of aromatic amines is 2. The molecule has 0 fully saturated rings. The van der Waals surface area contributed by atoms with Gasteiger partial charge in [-0.15, -0.1) is 0 Å². The number of allylic oxidation sites excluding steroid dienone is 5. The van der Waals surface area contributed by atoms with Gasteiger partial charge < -0.3 is 9.88 Å². The van der Waals surface area contributed by atoms with Crippen LogP contribution in [-0.4, -0.2) is 45.7 Å². The van der Waals surface area contributed by atoms with Gasteiger partial charge in [0.15, 0.2) is 0 Å². The van der Waals surface area contributed by atoms with Crippen molar-refractivity contribution in [3.05, 3.63) is 106 Å². The number of halogens is 1. The van der Waals surface area contributed by atoms with Crippen molar-refractivity contribution in [2.24, 2.45) is 0 Å². The molecule has 0 bridgehead atoms. The van der Waals surface area contributed by atoms with Gasteiger partial charge in [0.25, 0.3) is 0 Å². The molecule has 38 heavy (non-hydrogen) atoms. The molecule has 6 heteroatoms. The molecule has 0 spiro atoms. The molecule has 0 saturated heterocycles. The summed E-state index contributed by atoms with van der Waals surface area (Å²) in [5.74, 6) is -0.258. The predicted molar refractivity (Wildman–Crippen MR) is 157 cm³/mol. The fourth-order valence-electron chi connectivity index (χ4n) is 4.50. The number of aryl methyl sites for hydroxylation is 1. The van der Waals surface area contributed by atoms with E-state index >= 15 is 0 Å². The van der Waals surface area contributed by atoms with Gasteiger partial charge in [0, 0.05) is 23.3 Å². The first-order chi connectivity index (χ1) is 18.2. The summed E-state index contributed by atoms with van der Waals surface area (Å²) >= 11 is 0. The van der Waals surface area contributed by atoms with Crippen LogP contribution in [0.3, 0.4) is 0 Å². The molecule has 2 N–H and O–H groups in total. The van der Waals surface area contributed by atoms with Crippen LogP contribution >= 0.6 is 0 Å². The minimum absolute atomic E-state index is 0.258. The first kappa shape index (κ1) is 26.8. The maximum Gasteiger partial charge on any atom is 0.138 e. The molecule has 0 saturated carbocycles. The summed E-state index contributed by atoms with van der Waals surface area (Å²) in [5, 5.41) is 10.1. The molecule has 4 rings (SSSR count). The largest absolute Gasteiger partial charge is 0.338 e. The highest BCUT2D eigenvalue weighted by Gasteiger charge is 2.13. The van der Waals surface area contributed by atoms with E-state index in [2.05, 4.69) is 63.4 Å². The smallest absolute Gasteiger partial charge is 0.138 e. The van der Waals surface area contributed by atoms with Gasteiger partial charge in [0.05, 0.1) is 11.0 Å². The van der Waals surface area contributed by atoms with E-state index in [1.807, 2.05) is 58.3 Å². The van der Waals surface area contributed by atoms with E-state index in [4.69, 9.17) is 0 Å². The van der Waals surface area contributed by atoms with Gasteiger partial charge in [0.1, 0.15) is 17.2 Å². The zero-order chi connectivity index (χ0) is 27.4. The van der Waals surface area contributed by atoms with Crippen LogP contribution < -0.4 is 10.6 Å². The van der Waals surface area contributed by atoms with Crippen molar-refractivity contribution in [2.45, 2.75) is 20.8 Å². The van der Waals surface area contributed by atoms with E-state index in [1.165, 1.54) is 6.07 Å². The second kappa shape index (κ2) is 11.4. The molecule has 0 aliphatic rings. The summed E-state index contributed by atoms with van der Waals surface area (Å²) in [6.45, 7) is 15.1. The van der Waals surface area contributed by atoms with Gasteiger partial charge in [-0.25, -0.2) is 9.37 Å². The number of hydrogen-bond acceptors (Lipinski definition) is 3. The van der Waals surface area contributed by atoms with Crippen LogP contribution in [0.2, 0.25) is 0 Å². The quantitative estimate of drug-likeness (QED) is 0.295. The molecule has 0 aliphatic carbocycles. The number of H-pyrrole nitrogens is 2. The summed E-state index contributed by atoms with van der Waals surface area (Å²) < 4.78 is 14.1. The first-order valence-corrected chi connectivity index (χ1v) is 12.5. The molecule has 194 valence electrons. The van der Waals surface area contributed by atoms with Crippen LogP contribution in [0.1, 0.15) is 19.4 Å². The Morgan fingerprint density at radius 2 is 1.97 bits per heavy atom. The van der Waals surface area contributed by atoms with Gasteiger partial charge >= 0.3 is 0 Å². The van der Waals surface area contributed by atoms with Crippen molar-refractivity contribution in [1.82, 2.24) is 25.1 Å². The number of nitrogens with zero attached hydrogens (tertiary/aromatic N) is 3. The summed E-state index contributed by atoms with van der Waals surface area (Å²) in [5.41, 5.74) is 8.21. The summed E-state index contributed by atoms with van der Waals surface area (Å²) in [7, 11) is 4.09. The number of likely N-dealkylation sites (N-methyl/N-ethyl adjacent to an activating group) is 1. The fraction of sp³-hybridized carbons (Fsp3) is 0.188. The summed E-state index contributed by atoms with van der Waals surface area (Å²) in [6, 6.07) is 8.94. The van der Waals surface area contributed by atoms with Gasteiger partial charge in [-0.05, 0) is 98.6 Å². The number of nitrogens with one attached hydrogen (secondary N) is 2. The fourth-order valence-corrected chi connectivity index (χ4v) is 4.50. The van der Waals surface area contributed by atoms with E-state index in [1.54, 1.807) is 12.3 Å². The third-order valence-corrected chi connectivity index (χ3v) is 6.41. The van der Waals surface area contributed by atoms with E-state index < -0.39 is 0 Å². The lowest BCUT2D eigenvalue weighted by molar-refractivity contribution is 0.449. The minimum Gasteiger partial charge on any atom is -0.338 e. The monoisotopic (exact) mass is 507 g/mol. The number of hydrogen-bond donors (Lipinski definition) is 2. The molecule has 3 heterocycles. The van der Waals surface area contributed by atoms with Crippen LogP contribution in [0.15, 0.2) is 84.1 Å². The molecule has 0 radical (unpaired) electrons. The Labute approximate surface area is 223 Å². The molecule has 0 amide bonds. The van der Waals surface area contributed by atoms with Crippen molar-refractivity contribution in [3.8, 4) is 22.5 Å². The Hall–Kier alpha value is -4.29. The van der Waals surface area contributed by atoms with Crippen LogP contribution in [0, 0.1) is 12.7 Å². The van der Waals surface area contributed by atoms with Crippen LogP contribution in [0.4, 0.5) is 4.39 Å². The van der Waals surface area contributed by atoms with E-state index in [0.717, 1.165) is 61.6 Å². The highest BCUT2D eigenvalue weighted by Crippen LogP contribution is 2.31. The Kier molecular flexibility index (Phi) is 8.03. The number of fused-ring (bicyclic) bond motifs is 1. The van der Waals surface area contributed by atoms with Gasteiger partial charge in [-0.3, -0.25) is 5.10 Å². The topological polar surface area (TPSA) is 60.6 Å². The molecule has 0 unspecified atom stereocenters. The molecule has 1 aromatic carbocycles. The number of pyridine rings is 1. The Balaban J connectivity index is 1.70. The summed E-state index contributed by atoms with van der Waals surface area (Å²) in [6.07, 6.45) is 11.9. The average molecular weight is 508 g/mol. The van der Waals surface area contributed by atoms with Crippen molar-refractivity contribution in [2.75, 3.05) is 20.6 Å². The third-order valence-electron chi connectivity index (χ3n) is 6.41. The second-order valence-corrected chi connectivity index (χ2v) is 9.71. The maximum atomic E-state index is 14.1. The van der Waals surface area contributed by atoms with Gasteiger partial charge in [-0.1, -0.05) is 43.5 Å². The van der Waals surface area contributed by atoms with Crippen molar-refractivity contribution >= 4 is 23.7 Å². The van der Waals surface area contributed by atoms with E-state index in [0.29, 0.717) is 11.3 Å². The molecule has 3 aromatic heterocycles. The molecular formula is C32H34FN5. The SMILES string of the molecule is C=C\C(=C/C(=C\C)C(/C)=C/C=c1/[nH]nc(-c2cc3c(-c4cc(C)cc(F)c4)ccnc3[nH]2)c1=C)CN(C)C. The normalized spacial score (nSPS) is 13.7. The molecule has 4 aromatic rings. The molecule has 0 aliphatic heterocycles. The first-order valence-electron chi connectivity index (χ1n) is 12.5. The Bertz CT molecular complexity index is 1670. The maximum absolute atomic E-state index is 14.1. The number of rotatable bonds is 8. The van der Waals surface area contributed by atoms with Gasteiger partial charge in [0.2, 0.25) is 0 Å². The van der Waals surface area contributed by atoms with Crippen molar-refractivity contribution in [1.29, 1.82) is 0 Å². The van der Waals surface area contributed by atoms with Crippen molar-refractivity contribution < 1.29 is 4.39 Å². The van der Waals surface area contributed by atoms with E-state index in [9.17, 15) is 4.39 Å². The lowest BCUT2D eigenvalue weighted by atomic mass is 10.0. The highest BCUT2D eigenvalue weighted by atomic mass is 19.1. The zero-order valence-corrected chi connectivity index (χ0v) is 22.7. The third kappa shape index (κ3) is 5.82. The average Bonchev–Trinajstić information content (AvgIpc) is 3.47. The predicted octanol–water partition coefficient (Wildman–Crippen LogP) is 5.82. The molecular weight excluding hydrogens is 473 g/mol. The lowest BCUT2D eigenvalue weighted by Gasteiger charge is -2.11. The van der Waals surface area contributed by atoms with Gasteiger partial charge in [-0.2, -0.15) is 5.10 Å². The summed E-state index contributed by atoms with van der Waals surface area (Å²) in [4.78, 5) is 9.96. The lowest BCUT2D eigenvalue weighted by Crippen LogP contribution is -2.21. The molecule has 0 atom stereocenters. The second-order valence-electron chi connectivity index (χ2n) is 9.71. The zero-order valence-electron chi connectivity index (χ0n) is 22.7. The minimum atomic E-state index is -0.258. The van der Waals surface area contributed by atoms with Crippen LogP contribution in [0.5, 0.6) is 0 Å². The standard InChI is InChI=1S/C32H34FN5/c1-8-23(19-38(6)7)16-24(9-2)21(4)10-11-29-22(5)31(37-36-29)30-18-28-27(12-13-34-32(28)35-30)25-14-20(3)15-26(33)17-25/h8-18,36H,1,5,19H2,2-4,6-7H3,(H,34,35)/b21-10+,23-16+,24-9+,29-11+. The highest BCUT2D eigenvalue weighted by molar-refractivity contribution is 5.96. The number of benzene rings is 1. The molecule has 5 nitrogen and oxygen atoms in total. The van der Waals surface area contributed by atoms with Crippen molar-refractivity contribution in [3.63, 3.8) is 0 Å². The van der Waals surface area contributed by atoms with Crippen LogP contribution in [0.25, 0.3) is 46.2 Å². The van der Waals surface area contributed by atoms with Crippen LogP contribution in [-0.2, 0) is 0 Å².